The highest BCUT2D eigenvalue weighted by molar-refractivity contribution is 5.70. The molecule has 0 atom stereocenters. The Hall–Kier alpha value is -2.41. The number of H-pyrrole nitrogens is 1. The molecular weight excluding hydrogens is 207 g/mol. The number of nitriles is 1. The number of halogens is 1. The van der Waals surface area contributed by atoms with Gasteiger partial charge in [0.25, 0.3) is 5.56 Å². The largest absolute Gasteiger partial charge is 0.328 e. The average molecular weight is 214 g/mol. The molecule has 1 aromatic heterocycles. The first kappa shape index (κ1) is 10.1. The fraction of sp³-hybridized carbons (Fsp3) is 0. The molecule has 1 aromatic carbocycles. The van der Waals surface area contributed by atoms with Crippen molar-refractivity contribution < 1.29 is 4.39 Å². The van der Waals surface area contributed by atoms with Crippen molar-refractivity contribution in [2.24, 2.45) is 0 Å². The summed E-state index contributed by atoms with van der Waals surface area (Å²) in [6.45, 7) is 0. The van der Waals surface area contributed by atoms with Gasteiger partial charge in [-0.1, -0.05) is 18.2 Å². The third kappa shape index (κ3) is 1.59. The molecule has 16 heavy (non-hydrogen) atoms. The van der Waals surface area contributed by atoms with Gasteiger partial charge in [0.05, 0.1) is 0 Å². The Balaban J connectivity index is 2.76. The molecule has 0 spiro atoms. The fourth-order valence-corrected chi connectivity index (χ4v) is 1.49. The zero-order chi connectivity index (χ0) is 11.5. The predicted octanol–water partition coefficient (Wildman–Crippen LogP) is 2.05. The van der Waals surface area contributed by atoms with Crippen molar-refractivity contribution >= 4 is 0 Å². The number of benzene rings is 1. The second-order valence-corrected chi connectivity index (χ2v) is 3.19. The van der Waals surface area contributed by atoms with Crippen LogP contribution in [0.3, 0.4) is 0 Å². The van der Waals surface area contributed by atoms with Crippen LogP contribution in [0.25, 0.3) is 11.1 Å². The smallest absolute Gasteiger partial charge is 0.266 e. The molecule has 78 valence electrons. The van der Waals surface area contributed by atoms with E-state index >= 15 is 0 Å². The highest BCUT2D eigenvalue weighted by atomic mass is 19.1. The summed E-state index contributed by atoms with van der Waals surface area (Å²) < 4.78 is 13.5. The highest BCUT2D eigenvalue weighted by Crippen LogP contribution is 2.23. The summed E-state index contributed by atoms with van der Waals surface area (Å²) in [5, 5.41) is 8.86. The van der Waals surface area contributed by atoms with Crippen LogP contribution in [0, 0.1) is 17.1 Å². The van der Waals surface area contributed by atoms with Crippen LogP contribution in [0.15, 0.2) is 41.3 Å². The highest BCUT2D eigenvalue weighted by Gasteiger charge is 2.11. The quantitative estimate of drug-likeness (QED) is 0.789. The maximum absolute atomic E-state index is 13.5. The van der Waals surface area contributed by atoms with Crippen molar-refractivity contribution in [1.29, 1.82) is 5.26 Å². The monoisotopic (exact) mass is 214 g/mol. The van der Waals surface area contributed by atoms with Crippen LogP contribution in [0.4, 0.5) is 4.39 Å². The molecular formula is C12H7FN2O. The lowest BCUT2D eigenvalue weighted by atomic mass is 10.0. The van der Waals surface area contributed by atoms with Gasteiger partial charge in [0.15, 0.2) is 0 Å². The number of hydrogen-bond acceptors (Lipinski definition) is 2. The standard InChI is InChI=1S/C12H7FN2O/c13-11-4-2-1-3-9(11)8-5-6-15-12(16)10(8)7-14/h1-6H,(H,15,16). The van der Waals surface area contributed by atoms with Crippen molar-refractivity contribution in [3.05, 3.63) is 58.3 Å². The van der Waals surface area contributed by atoms with Crippen LogP contribution in [0.1, 0.15) is 5.56 Å². The molecule has 0 aliphatic heterocycles. The molecule has 0 aliphatic rings. The SMILES string of the molecule is N#Cc1c(-c2ccccc2F)cc[nH]c1=O. The normalized spacial score (nSPS) is 9.75. The van der Waals surface area contributed by atoms with E-state index in [9.17, 15) is 9.18 Å². The van der Waals surface area contributed by atoms with Crippen molar-refractivity contribution in [3.63, 3.8) is 0 Å². The van der Waals surface area contributed by atoms with Crippen LogP contribution >= 0.6 is 0 Å². The van der Waals surface area contributed by atoms with Crippen LogP contribution in [-0.4, -0.2) is 4.98 Å². The van der Waals surface area contributed by atoms with Gasteiger partial charge in [-0.2, -0.15) is 5.26 Å². The fourth-order valence-electron chi connectivity index (χ4n) is 1.49. The van der Waals surface area contributed by atoms with Crippen molar-refractivity contribution in [1.82, 2.24) is 4.98 Å². The molecule has 0 amide bonds. The summed E-state index contributed by atoms with van der Waals surface area (Å²) in [6.07, 6.45) is 1.39. The number of aromatic nitrogens is 1. The molecule has 1 heterocycles. The zero-order valence-electron chi connectivity index (χ0n) is 8.20. The van der Waals surface area contributed by atoms with Gasteiger partial charge in [-0.15, -0.1) is 0 Å². The molecule has 0 aliphatic carbocycles. The molecule has 0 saturated heterocycles. The molecule has 0 bridgehead atoms. The summed E-state index contributed by atoms with van der Waals surface area (Å²) >= 11 is 0. The molecule has 4 heteroatoms. The van der Waals surface area contributed by atoms with E-state index in [0.717, 1.165) is 0 Å². The van der Waals surface area contributed by atoms with E-state index in [2.05, 4.69) is 4.98 Å². The number of nitrogens with one attached hydrogen (secondary N) is 1. The Morgan fingerprint density at radius 1 is 1.19 bits per heavy atom. The molecule has 2 rings (SSSR count). The lowest BCUT2D eigenvalue weighted by molar-refractivity contribution is 0.631. The van der Waals surface area contributed by atoms with E-state index < -0.39 is 11.4 Å². The molecule has 0 radical (unpaired) electrons. The summed E-state index contributed by atoms with van der Waals surface area (Å²) in [4.78, 5) is 13.7. The zero-order valence-corrected chi connectivity index (χ0v) is 8.20. The number of pyridine rings is 1. The minimum absolute atomic E-state index is 0.0763. The third-order valence-electron chi connectivity index (χ3n) is 2.24. The Morgan fingerprint density at radius 2 is 1.94 bits per heavy atom. The Labute approximate surface area is 90.8 Å². The second kappa shape index (κ2) is 3.99. The second-order valence-electron chi connectivity index (χ2n) is 3.19. The molecule has 0 unspecified atom stereocenters. The van der Waals surface area contributed by atoms with Crippen molar-refractivity contribution in [2.75, 3.05) is 0 Å². The summed E-state index contributed by atoms with van der Waals surface area (Å²) in [7, 11) is 0. The topological polar surface area (TPSA) is 56.6 Å². The van der Waals surface area contributed by atoms with E-state index in [-0.39, 0.29) is 11.1 Å². The number of aromatic amines is 1. The Bertz CT molecular complexity index is 625. The van der Waals surface area contributed by atoms with E-state index in [1.54, 1.807) is 18.2 Å². The molecule has 1 N–H and O–H groups in total. The van der Waals surface area contributed by atoms with Crippen LogP contribution < -0.4 is 5.56 Å². The lowest BCUT2D eigenvalue weighted by Gasteiger charge is -2.03. The van der Waals surface area contributed by atoms with Gasteiger partial charge in [0.1, 0.15) is 17.4 Å². The first-order chi connectivity index (χ1) is 7.74. The first-order valence-electron chi connectivity index (χ1n) is 4.60. The van der Waals surface area contributed by atoms with Gasteiger partial charge in [-0.05, 0) is 12.1 Å². The molecule has 3 nitrogen and oxygen atoms in total. The summed E-state index contributed by atoms with van der Waals surface area (Å²) in [5.41, 5.74) is -0.0228. The minimum atomic E-state index is -0.511. The van der Waals surface area contributed by atoms with Gasteiger partial charge in [-0.3, -0.25) is 4.79 Å². The van der Waals surface area contributed by atoms with Gasteiger partial charge in [0.2, 0.25) is 0 Å². The Kier molecular flexibility index (Phi) is 2.52. The van der Waals surface area contributed by atoms with Crippen LogP contribution in [0.2, 0.25) is 0 Å². The molecule has 2 aromatic rings. The van der Waals surface area contributed by atoms with E-state index in [1.807, 2.05) is 0 Å². The summed E-state index contributed by atoms with van der Waals surface area (Å²) in [6, 6.07) is 9.32. The van der Waals surface area contributed by atoms with E-state index in [1.165, 1.54) is 24.4 Å². The molecule has 0 fully saturated rings. The average Bonchev–Trinajstić information content (AvgIpc) is 2.29. The first-order valence-corrected chi connectivity index (χ1v) is 4.60. The van der Waals surface area contributed by atoms with Crippen molar-refractivity contribution in [2.45, 2.75) is 0 Å². The van der Waals surface area contributed by atoms with E-state index in [4.69, 9.17) is 5.26 Å². The number of nitrogens with zero attached hydrogens (tertiary/aromatic N) is 1. The third-order valence-corrected chi connectivity index (χ3v) is 2.24. The number of rotatable bonds is 1. The minimum Gasteiger partial charge on any atom is -0.328 e. The maximum Gasteiger partial charge on any atom is 0.266 e. The van der Waals surface area contributed by atoms with Crippen LogP contribution in [-0.2, 0) is 0 Å². The van der Waals surface area contributed by atoms with Crippen LogP contribution in [0.5, 0.6) is 0 Å². The van der Waals surface area contributed by atoms with Gasteiger partial charge in [-0.25, -0.2) is 4.39 Å². The maximum atomic E-state index is 13.5. The van der Waals surface area contributed by atoms with Gasteiger partial charge >= 0.3 is 0 Å². The molecule has 0 saturated carbocycles. The predicted molar refractivity (Wildman–Crippen MR) is 57.2 cm³/mol. The van der Waals surface area contributed by atoms with Gasteiger partial charge < -0.3 is 4.98 Å². The Morgan fingerprint density at radius 3 is 2.62 bits per heavy atom. The van der Waals surface area contributed by atoms with Gasteiger partial charge in [0, 0.05) is 17.3 Å². The van der Waals surface area contributed by atoms with E-state index in [0.29, 0.717) is 5.56 Å². The number of hydrogen-bond donors (Lipinski definition) is 1. The van der Waals surface area contributed by atoms with Crippen molar-refractivity contribution in [3.8, 4) is 17.2 Å². The lowest BCUT2D eigenvalue weighted by Crippen LogP contribution is -2.10. The summed E-state index contributed by atoms with van der Waals surface area (Å²) in [5.74, 6) is -0.454.